The van der Waals surface area contributed by atoms with E-state index in [0.717, 1.165) is 133 Å². The van der Waals surface area contributed by atoms with Crippen LogP contribution in [0, 0.1) is 0 Å². The predicted octanol–water partition coefficient (Wildman–Crippen LogP) is 33.3. The molecule has 11 heteroatoms. The van der Waals surface area contributed by atoms with Gasteiger partial charge in [0, 0.05) is 134 Å². The van der Waals surface area contributed by atoms with Gasteiger partial charge in [0.2, 0.25) is 0 Å². The van der Waals surface area contributed by atoms with E-state index in [-0.39, 0.29) is 56.6 Å². The van der Waals surface area contributed by atoms with Crippen molar-refractivity contribution in [3.8, 4) is 55.6 Å². The maximum absolute atomic E-state index is 10.1. The Balaban J connectivity index is 0.000000158. The molecule has 8 nitrogen and oxygen atoms in total. The molecule has 2 aliphatic rings. The first kappa shape index (κ1) is 91.0. The van der Waals surface area contributed by atoms with E-state index < -0.39 is 5.60 Å². The molecule has 4 aromatic heterocycles. The maximum atomic E-state index is 10.1. The number of fused-ring (bicyclic) bond motifs is 18. The molecule has 664 valence electrons. The predicted molar refractivity (Wildman–Crippen MR) is 565 cm³/mol. The Hall–Kier alpha value is -13.1. The third-order valence-electron chi connectivity index (χ3n) is 26.6. The topological polar surface area (TPSA) is 94.1 Å². The van der Waals surface area contributed by atoms with Crippen molar-refractivity contribution in [1.29, 1.82) is 0 Å². The van der Waals surface area contributed by atoms with Crippen LogP contribution in [0.15, 0.2) is 376 Å². The van der Waals surface area contributed by atoms with Crippen molar-refractivity contribution in [3.05, 3.63) is 407 Å². The van der Waals surface area contributed by atoms with Crippen LogP contribution in [-0.4, -0.2) is 5.60 Å². The van der Waals surface area contributed by atoms with Crippen LogP contribution < -0.4 is 49.8 Å². The molecule has 135 heavy (non-hydrogen) atoms. The summed E-state index contributed by atoms with van der Waals surface area (Å²) >= 11 is 12.4. The summed E-state index contributed by atoms with van der Waals surface area (Å²) in [5, 5.41) is 23.8. The summed E-state index contributed by atoms with van der Waals surface area (Å²) in [6.45, 7) is 34.4. The zero-order chi connectivity index (χ0) is 93.2. The van der Waals surface area contributed by atoms with E-state index in [0.29, 0.717) is 10.0 Å². The van der Waals surface area contributed by atoms with Crippen molar-refractivity contribution in [3.63, 3.8) is 0 Å². The van der Waals surface area contributed by atoms with Gasteiger partial charge in [-0.2, -0.15) is 0 Å². The van der Waals surface area contributed by atoms with Crippen molar-refractivity contribution < 1.29 is 52.3 Å². The third kappa shape index (κ3) is 17.9. The van der Waals surface area contributed by atoms with Crippen LogP contribution in [0.5, 0.6) is 0 Å². The minimum absolute atomic E-state index is 0. The number of nitrogens with one attached hydrogen (secondary N) is 1. The van der Waals surface area contributed by atoms with Gasteiger partial charge in [0.15, 0.2) is 0 Å². The minimum Gasteiger partial charge on any atom is -0.850 e. The number of rotatable bonds is 11. The molecular weight excluding hydrogens is 1710 g/mol. The number of hydrogen-bond acceptors (Lipinski definition) is 8. The van der Waals surface area contributed by atoms with Gasteiger partial charge >= 0.3 is 29.6 Å². The fourth-order valence-corrected chi connectivity index (χ4v) is 19.6. The minimum atomic E-state index is -0.750. The van der Waals surface area contributed by atoms with Crippen LogP contribution in [-0.2, 0) is 27.1 Å². The van der Waals surface area contributed by atoms with E-state index in [4.69, 9.17) is 40.9 Å². The number of anilines is 8. The number of furan rings is 4. The third-order valence-corrected chi connectivity index (χ3v) is 27.1. The zero-order valence-electron chi connectivity index (χ0n) is 79.8. The van der Waals surface area contributed by atoms with E-state index in [1.807, 2.05) is 42.5 Å². The monoisotopic (exact) mass is 1810 g/mol. The SMILES string of the molecule is CC(C)(C)[O-].CC(C)(C)c1ccc(N(c2ccc(-c3ccccc3)cc2)c2ccc3c(c2)oc2cc4c(cc23)C(C)(C)c2cc3c(cc2-4)oc2cc(N(c4ccc(-c5ccccc5)cc4)c4ccc(C(C)(C)C)cc4)ccc23)cc1.CC(C)(C)c1ccc(Nc2ccc(-c3ccccc3)cc2)cc1.CC1(C)c2cc3c(cc2-c2cc4oc5cc(Cl)ccc5c4cc21)oc1cc(Cl)ccc13.[Na+]. The van der Waals surface area contributed by atoms with Gasteiger partial charge in [-0.3, -0.25) is 0 Å². The van der Waals surface area contributed by atoms with Crippen LogP contribution >= 0.6 is 23.2 Å². The Labute approximate surface area is 823 Å². The number of benzene rings is 17. The number of halogens is 2. The molecule has 2 aliphatic carbocycles. The Bertz CT molecular complexity index is 7620. The fourth-order valence-electron chi connectivity index (χ4n) is 19.3. The second kappa shape index (κ2) is 35.3. The molecule has 23 rings (SSSR count). The first-order valence-corrected chi connectivity index (χ1v) is 47.0. The quantitative estimate of drug-likeness (QED) is 0.128. The van der Waals surface area contributed by atoms with Crippen molar-refractivity contribution in [2.75, 3.05) is 15.1 Å². The van der Waals surface area contributed by atoms with E-state index in [9.17, 15) is 5.11 Å². The molecule has 0 fully saturated rings. The van der Waals surface area contributed by atoms with E-state index in [1.165, 1.54) is 94.6 Å². The van der Waals surface area contributed by atoms with Crippen LogP contribution in [0.25, 0.3) is 143 Å². The smallest absolute Gasteiger partial charge is 0.850 e. The second-order valence-electron chi connectivity index (χ2n) is 41.0. The molecule has 0 radical (unpaired) electrons. The van der Waals surface area contributed by atoms with Crippen molar-refractivity contribution in [1.82, 2.24) is 0 Å². The van der Waals surface area contributed by atoms with Gasteiger partial charge in [0.25, 0.3) is 0 Å². The first-order valence-electron chi connectivity index (χ1n) is 46.3. The second-order valence-corrected chi connectivity index (χ2v) is 41.8. The van der Waals surface area contributed by atoms with Gasteiger partial charge in [0.05, 0.1) is 0 Å². The van der Waals surface area contributed by atoms with Crippen molar-refractivity contribution >= 4 is 156 Å². The number of nitrogens with zero attached hydrogens (tertiary/aromatic N) is 2. The summed E-state index contributed by atoms with van der Waals surface area (Å²) in [6, 6.07) is 128. The van der Waals surface area contributed by atoms with Gasteiger partial charge in [-0.25, -0.2) is 0 Å². The normalized spacial score (nSPS) is 13.1. The Morgan fingerprint density at radius 3 is 0.733 bits per heavy atom. The largest absolute Gasteiger partial charge is 1.00 e. The Morgan fingerprint density at radius 2 is 0.459 bits per heavy atom. The van der Waals surface area contributed by atoms with Gasteiger partial charge < -0.3 is 37.9 Å². The van der Waals surface area contributed by atoms with E-state index in [1.54, 1.807) is 20.8 Å². The first-order chi connectivity index (χ1) is 64.1. The van der Waals surface area contributed by atoms with Crippen LogP contribution in [0.1, 0.15) is 150 Å². The molecule has 4 heterocycles. The fraction of sp³-hybridized carbons (Fsp3) is 0.177. The molecule has 17 aromatic carbocycles. The molecule has 0 unspecified atom stereocenters. The molecule has 1 N–H and O–H groups in total. The van der Waals surface area contributed by atoms with Crippen LogP contribution in [0.4, 0.5) is 45.5 Å². The standard InChI is InChI=1S/C71H60N2O2.C27H16Cl2O2.C22H23N.C4H9O.Na/c1-69(2,3)49-23-31-53(32-24-49)72(51-27-19-47(20-28-51)45-15-11-9-12-16-45)55-35-37-57-61-41-63-59(43-67(61)74-65(57)39-55)60-44-68-62(42-64(60)71(63,7)8)58-38-36-56(40-66(58)75-68)73(54-33-25-50(26-34-54)70(4,5)6)52-29-21-48(22-30-52)46-17-13-10-14-18-46;1-27(2)21-9-19-15-5-3-13(28)7-23(15)30-25(19)11-17(21)18-12-26-20(10-22(18)27)16-6-4-14(29)8-24(16)31-26;1-22(2,3)19-11-15-21(16-12-19)23-20-13-9-18(10-14-20)17-7-5-4-6-8-17;1-4(2,3)5;/h9-44H,1-8H3;3-12H,1-2H3;4-16,23H,1-3H3;1-3H3;/q;;;-1;+1. The van der Waals surface area contributed by atoms with Crippen LogP contribution in [0.2, 0.25) is 10.0 Å². The van der Waals surface area contributed by atoms with Crippen molar-refractivity contribution in [2.45, 2.75) is 143 Å². The summed E-state index contributed by atoms with van der Waals surface area (Å²) in [4.78, 5) is 4.67. The molecule has 0 saturated carbocycles. The van der Waals surface area contributed by atoms with Crippen molar-refractivity contribution in [2.24, 2.45) is 0 Å². The summed E-state index contributed by atoms with van der Waals surface area (Å²) in [5.74, 6) is 0. The average molecular weight is 1810 g/mol. The summed E-state index contributed by atoms with van der Waals surface area (Å²) in [5.41, 5.74) is 35.7. The summed E-state index contributed by atoms with van der Waals surface area (Å²) in [6.07, 6.45) is 0. The molecule has 0 aliphatic heterocycles. The average Bonchev–Trinajstić information content (AvgIpc) is 1.55. The molecule has 0 spiro atoms. The zero-order valence-corrected chi connectivity index (χ0v) is 83.3. The van der Waals surface area contributed by atoms with Crippen LogP contribution in [0.3, 0.4) is 0 Å². The molecule has 0 atom stereocenters. The Kier molecular flexibility index (Phi) is 23.8. The summed E-state index contributed by atoms with van der Waals surface area (Å²) < 4.78 is 26.1. The molecule has 0 amide bonds. The van der Waals surface area contributed by atoms with Gasteiger partial charge in [0.1, 0.15) is 44.7 Å². The van der Waals surface area contributed by atoms with E-state index in [2.05, 4.69) is 421 Å². The maximum Gasteiger partial charge on any atom is 1.00 e. The summed E-state index contributed by atoms with van der Waals surface area (Å²) in [7, 11) is 0. The molecule has 0 bridgehead atoms. The van der Waals surface area contributed by atoms with Gasteiger partial charge in [-0.1, -0.05) is 298 Å². The van der Waals surface area contributed by atoms with Gasteiger partial charge in [-0.15, -0.1) is 5.60 Å². The molecule has 0 saturated heterocycles. The van der Waals surface area contributed by atoms with Gasteiger partial charge in [-0.05, 0) is 281 Å². The molecule has 21 aromatic rings. The Morgan fingerprint density at radius 1 is 0.244 bits per heavy atom. The van der Waals surface area contributed by atoms with E-state index >= 15 is 0 Å². The molecular formula is C124H108Cl2N3NaO5. The number of hydrogen-bond donors (Lipinski definition) is 1.